The number of carbonyl (C=O) groups is 1. The van der Waals surface area contributed by atoms with E-state index in [1.54, 1.807) is 0 Å². The number of aromatic nitrogens is 3. The molecule has 15 heavy (non-hydrogen) atoms. The van der Waals surface area contributed by atoms with Gasteiger partial charge in [-0.1, -0.05) is 0 Å². The molecule has 2 rings (SSSR count). The topological polar surface area (TPSA) is 77.1 Å². The molecule has 6 nitrogen and oxygen atoms in total. The summed E-state index contributed by atoms with van der Waals surface area (Å²) in [5.74, 6) is -0.309. The second-order valence-corrected chi connectivity index (χ2v) is 3.46. The lowest BCUT2D eigenvalue weighted by molar-refractivity contribution is 0.0583. The van der Waals surface area contributed by atoms with Crippen molar-refractivity contribution in [1.29, 1.82) is 0 Å². The Hall–Kier alpha value is -1.43. The van der Waals surface area contributed by atoms with E-state index in [0.717, 1.165) is 19.4 Å². The lowest BCUT2D eigenvalue weighted by Gasteiger charge is -2.20. The molecule has 2 heterocycles. The Bertz CT molecular complexity index is 344. The summed E-state index contributed by atoms with van der Waals surface area (Å²) in [6.07, 6.45) is 1.95. The van der Waals surface area contributed by atoms with Crippen molar-refractivity contribution in [3.63, 3.8) is 0 Å². The van der Waals surface area contributed by atoms with Crippen LogP contribution in [0.2, 0.25) is 0 Å². The van der Waals surface area contributed by atoms with Crippen LogP contribution in [0, 0.1) is 0 Å². The minimum atomic E-state index is -0.454. The van der Waals surface area contributed by atoms with Gasteiger partial charge in [0, 0.05) is 12.5 Å². The number of hydrogen-bond acceptors (Lipinski definition) is 5. The minimum Gasteiger partial charge on any atom is -0.464 e. The molecule has 0 saturated carbocycles. The molecular formula is C9H13N3O3. The standard InChI is InChI=1S/C9H13N3O3/c1-14-9(13)8-7(10-12-11-8)6-3-2-4-15-5-6/h6H,2-5H2,1H3,(H,10,11,12). The lowest BCUT2D eigenvalue weighted by Crippen LogP contribution is -2.18. The molecule has 1 unspecified atom stereocenters. The third-order valence-corrected chi connectivity index (χ3v) is 2.50. The van der Waals surface area contributed by atoms with Crippen molar-refractivity contribution in [3.05, 3.63) is 11.4 Å². The van der Waals surface area contributed by atoms with Gasteiger partial charge in [0.15, 0.2) is 5.69 Å². The highest BCUT2D eigenvalue weighted by atomic mass is 16.5. The zero-order chi connectivity index (χ0) is 10.7. The molecule has 1 saturated heterocycles. The van der Waals surface area contributed by atoms with E-state index in [0.29, 0.717) is 12.3 Å². The first-order valence-corrected chi connectivity index (χ1v) is 4.89. The van der Waals surface area contributed by atoms with Crippen LogP contribution in [0.1, 0.15) is 34.9 Å². The maximum absolute atomic E-state index is 11.4. The van der Waals surface area contributed by atoms with E-state index in [2.05, 4.69) is 20.1 Å². The highest BCUT2D eigenvalue weighted by Crippen LogP contribution is 2.25. The van der Waals surface area contributed by atoms with Crippen molar-refractivity contribution in [2.45, 2.75) is 18.8 Å². The Balaban J connectivity index is 2.19. The second-order valence-electron chi connectivity index (χ2n) is 3.46. The summed E-state index contributed by atoms with van der Waals surface area (Å²) in [5, 5.41) is 10.2. The lowest BCUT2D eigenvalue weighted by atomic mass is 9.97. The highest BCUT2D eigenvalue weighted by molar-refractivity contribution is 5.88. The molecule has 1 fully saturated rings. The van der Waals surface area contributed by atoms with Crippen LogP contribution in [0.3, 0.4) is 0 Å². The van der Waals surface area contributed by atoms with Crippen LogP contribution in [0.4, 0.5) is 0 Å². The fraction of sp³-hybridized carbons (Fsp3) is 0.667. The predicted molar refractivity (Wildman–Crippen MR) is 50.5 cm³/mol. The molecule has 0 aromatic carbocycles. The fourth-order valence-electron chi connectivity index (χ4n) is 1.73. The zero-order valence-corrected chi connectivity index (χ0v) is 8.52. The van der Waals surface area contributed by atoms with E-state index in [1.165, 1.54) is 7.11 Å². The summed E-state index contributed by atoms with van der Waals surface area (Å²) >= 11 is 0. The first-order valence-electron chi connectivity index (χ1n) is 4.89. The van der Waals surface area contributed by atoms with Gasteiger partial charge >= 0.3 is 5.97 Å². The number of hydrogen-bond donors (Lipinski definition) is 1. The monoisotopic (exact) mass is 211 g/mol. The van der Waals surface area contributed by atoms with Crippen LogP contribution < -0.4 is 0 Å². The van der Waals surface area contributed by atoms with E-state index in [9.17, 15) is 4.79 Å². The van der Waals surface area contributed by atoms with Crippen molar-refractivity contribution in [1.82, 2.24) is 15.4 Å². The van der Waals surface area contributed by atoms with Gasteiger partial charge < -0.3 is 9.47 Å². The number of nitrogens with zero attached hydrogens (tertiary/aromatic N) is 2. The van der Waals surface area contributed by atoms with Crippen LogP contribution >= 0.6 is 0 Å². The van der Waals surface area contributed by atoms with Gasteiger partial charge in [0.1, 0.15) is 5.69 Å². The number of rotatable bonds is 2. The molecular weight excluding hydrogens is 198 g/mol. The maximum Gasteiger partial charge on any atom is 0.360 e. The van der Waals surface area contributed by atoms with Crippen molar-refractivity contribution in [2.75, 3.05) is 20.3 Å². The Morgan fingerprint density at radius 2 is 2.47 bits per heavy atom. The molecule has 1 atom stereocenters. The van der Waals surface area contributed by atoms with Crippen molar-refractivity contribution in [2.24, 2.45) is 0 Å². The van der Waals surface area contributed by atoms with Crippen molar-refractivity contribution in [3.8, 4) is 0 Å². The molecule has 1 N–H and O–H groups in total. The Labute approximate surface area is 87.0 Å². The molecule has 1 aliphatic heterocycles. The smallest absolute Gasteiger partial charge is 0.360 e. The molecule has 0 radical (unpaired) electrons. The SMILES string of the molecule is COC(=O)c1n[nH]nc1C1CCCOC1. The summed E-state index contributed by atoms with van der Waals surface area (Å²) < 4.78 is 9.96. The Morgan fingerprint density at radius 3 is 3.13 bits per heavy atom. The first kappa shape index (κ1) is 10.1. The highest BCUT2D eigenvalue weighted by Gasteiger charge is 2.26. The predicted octanol–water partition coefficient (Wildman–Crippen LogP) is 0.485. The number of carbonyl (C=O) groups excluding carboxylic acids is 1. The molecule has 1 aliphatic rings. The normalized spacial score (nSPS) is 21.3. The average molecular weight is 211 g/mol. The van der Waals surface area contributed by atoms with E-state index < -0.39 is 5.97 Å². The van der Waals surface area contributed by atoms with E-state index in [-0.39, 0.29) is 11.6 Å². The summed E-state index contributed by atoms with van der Waals surface area (Å²) in [4.78, 5) is 11.4. The number of H-pyrrole nitrogens is 1. The third kappa shape index (κ3) is 1.99. The van der Waals surface area contributed by atoms with Crippen molar-refractivity contribution < 1.29 is 14.3 Å². The molecule has 1 aromatic rings. The third-order valence-electron chi connectivity index (χ3n) is 2.50. The second kappa shape index (κ2) is 4.39. The summed E-state index contributed by atoms with van der Waals surface area (Å²) in [6, 6.07) is 0. The van der Waals surface area contributed by atoms with Crippen molar-refractivity contribution >= 4 is 5.97 Å². The van der Waals surface area contributed by atoms with Gasteiger partial charge in [-0.05, 0) is 12.8 Å². The quantitative estimate of drug-likeness (QED) is 0.720. The van der Waals surface area contributed by atoms with E-state index >= 15 is 0 Å². The largest absolute Gasteiger partial charge is 0.464 e. The Kier molecular flexibility index (Phi) is 2.96. The van der Waals surface area contributed by atoms with Crippen LogP contribution in [-0.4, -0.2) is 41.7 Å². The first-order chi connectivity index (χ1) is 7.33. The van der Waals surface area contributed by atoms with Crippen LogP contribution in [0.15, 0.2) is 0 Å². The maximum atomic E-state index is 11.4. The molecule has 0 aliphatic carbocycles. The number of esters is 1. The number of nitrogens with one attached hydrogen (secondary N) is 1. The molecule has 1 aromatic heterocycles. The molecule has 0 amide bonds. The molecule has 0 spiro atoms. The van der Waals surface area contributed by atoms with Crippen LogP contribution in [0.5, 0.6) is 0 Å². The van der Waals surface area contributed by atoms with E-state index in [1.807, 2.05) is 0 Å². The van der Waals surface area contributed by atoms with Gasteiger partial charge in [-0.3, -0.25) is 0 Å². The summed E-state index contributed by atoms with van der Waals surface area (Å²) in [6.45, 7) is 1.37. The van der Waals surface area contributed by atoms with Gasteiger partial charge in [0.05, 0.1) is 13.7 Å². The number of ether oxygens (including phenoxy) is 2. The average Bonchev–Trinajstić information content (AvgIpc) is 2.78. The number of methoxy groups -OCH3 is 1. The zero-order valence-electron chi connectivity index (χ0n) is 8.52. The van der Waals surface area contributed by atoms with Crippen LogP contribution in [0.25, 0.3) is 0 Å². The van der Waals surface area contributed by atoms with Gasteiger partial charge in [-0.2, -0.15) is 10.3 Å². The molecule has 82 valence electrons. The molecule has 0 bridgehead atoms. The van der Waals surface area contributed by atoms with Gasteiger partial charge in [-0.15, -0.1) is 5.10 Å². The number of aromatic amines is 1. The van der Waals surface area contributed by atoms with Gasteiger partial charge in [0.25, 0.3) is 0 Å². The Morgan fingerprint density at radius 1 is 1.60 bits per heavy atom. The summed E-state index contributed by atoms with van der Waals surface area (Å²) in [5.41, 5.74) is 0.926. The van der Waals surface area contributed by atoms with E-state index in [4.69, 9.17) is 4.74 Å². The van der Waals surface area contributed by atoms with Crippen LogP contribution in [-0.2, 0) is 9.47 Å². The van der Waals surface area contributed by atoms with Gasteiger partial charge in [0.2, 0.25) is 0 Å². The minimum absolute atomic E-state index is 0.145. The fourth-order valence-corrected chi connectivity index (χ4v) is 1.73. The molecule has 6 heteroatoms. The van der Waals surface area contributed by atoms with Gasteiger partial charge in [-0.25, -0.2) is 4.79 Å². The summed E-state index contributed by atoms with van der Waals surface area (Å²) in [7, 11) is 1.33.